The summed E-state index contributed by atoms with van der Waals surface area (Å²) >= 11 is 0. The summed E-state index contributed by atoms with van der Waals surface area (Å²) in [5.74, 6) is -0.463. The topological polar surface area (TPSA) is 121 Å². The Morgan fingerprint density at radius 1 is 0.750 bits per heavy atom. The molecule has 0 aliphatic carbocycles. The first-order valence-corrected chi connectivity index (χ1v) is 12.9. The second kappa shape index (κ2) is 9.01. The summed E-state index contributed by atoms with van der Waals surface area (Å²) in [6.45, 7) is 3.63. The van der Waals surface area contributed by atoms with Gasteiger partial charge in [0.15, 0.2) is 0 Å². The van der Waals surface area contributed by atoms with E-state index in [0.29, 0.717) is 22.6 Å². The quantitative estimate of drug-likeness (QED) is 0.483. The zero-order chi connectivity index (χ0) is 23.5. The number of hydrogen-bond donors (Lipinski definition) is 3. The van der Waals surface area contributed by atoms with Crippen LogP contribution >= 0.6 is 0 Å². The van der Waals surface area contributed by atoms with Crippen LogP contribution < -0.4 is 14.8 Å². The summed E-state index contributed by atoms with van der Waals surface area (Å²) < 4.78 is 53.0. The van der Waals surface area contributed by atoms with Gasteiger partial charge in [-0.3, -0.25) is 14.2 Å². The van der Waals surface area contributed by atoms with Gasteiger partial charge in [0.2, 0.25) is 10.0 Å². The molecule has 0 aliphatic rings. The molecule has 3 N–H and O–H groups in total. The molecule has 0 saturated heterocycles. The molecule has 168 valence electrons. The number of amides is 1. The predicted molar refractivity (Wildman–Crippen MR) is 126 cm³/mol. The molecule has 0 heterocycles. The van der Waals surface area contributed by atoms with Crippen LogP contribution in [0.3, 0.4) is 0 Å². The maximum absolute atomic E-state index is 12.6. The number of rotatable bonds is 7. The van der Waals surface area contributed by atoms with Crippen molar-refractivity contribution in [3.63, 3.8) is 0 Å². The number of nitrogens with one attached hydrogen (secondary N) is 3. The van der Waals surface area contributed by atoms with Crippen LogP contribution in [0, 0.1) is 13.8 Å². The number of benzene rings is 3. The van der Waals surface area contributed by atoms with E-state index in [1.807, 2.05) is 6.92 Å². The second-order valence-electron chi connectivity index (χ2n) is 7.35. The van der Waals surface area contributed by atoms with Gasteiger partial charge in [0.1, 0.15) is 0 Å². The lowest BCUT2D eigenvalue weighted by atomic mass is 10.1. The second-order valence-corrected chi connectivity index (χ2v) is 10.8. The van der Waals surface area contributed by atoms with Crippen molar-refractivity contribution in [3.05, 3.63) is 83.4 Å². The lowest BCUT2D eigenvalue weighted by Gasteiger charge is -2.11. The molecule has 0 bridgehead atoms. The standard InChI is InChI=1S/C22H23N3O5S2/c1-15-4-8-19(9-5-15)24-32(29,30)20-12-10-18(11-13-20)23-22(26)17-7-6-16(2)21(14-17)25-31(3,27)28/h4-14,24-25H,1-3H3,(H,23,26). The number of hydrogen-bond acceptors (Lipinski definition) is 5. The Morgan fingerprint density at radius 3 is 1.94 bits per heavy atom. The van der Waals surface area contributed by atoms with Gasteiger partial charge in [-0.15, -0.1) is 0 Å². The first-order chi connectivity index (χ1) is 14.9. The first kappa shape index (κ1) is 23.3. The minimum atomic E-state index is -3.78. The van der Waals surface area contributed by atoms with Crippen LogP contribution in [0.1, 0.15) is 21.5 Å². The zero-order valence-corrected chi connectivity index (χ0v) is 19.3. The Bertz CT molecular complexity index is 1350. The minimum Gasteiger partial charge on any atom is -0.322 e. The lowest BCUT2D eigenvalue weighted by molar-refractivity contribution is 0.102. The summed E-state index contributed by atoms with van der Waals surface area (Å²) in [5.41, 5.74) is 3.08. The molecule has 1 amide bonds. The van der Waals surface area contributed by atoms with Crippen LogP contribution in [0.15, 0.2) is 71.6 Å². The van der Waals surface area contributed by atoms with Crippen LogP contribution in [0.2, 0.25) is 0 Å². The van der Waals surface area contributed by atoms with Gasteiger partial charge in [-0.2, -0.15) is 0 Å². The van der Waals surface area contributed by atoms with Crippen LogP contribution in [0.25, 0.3) is 0 Å². The molecule has 3 aromatic carbocycles. The van der Waals surface area contributed by atoms with Crippen molar-refractivity contribution >= 4 is 43.0 Å². The fourth-order valence-corrected chi connectivity index (χ4v) is 4.51. The Morgan fingerprint density at radius 2 is 1.34 bits per heavy atom. The molecule has 8 nitrogen and oxygen atoms in total. The number of aryl methyl sites for hydroxylation is 2. The van der Waals surface area contributed by atoms with Crippen molar-refractivity contribution in [2.24, 2.45) is 0 Å². The van der Waals surface area contributed by atoms with E-state index in [0.717, 1.165) is 11.8 Å². The molecule has 10 heteroatoms. The largest absolute Gasteiger partial charge is 0.322 e. The van der Waals surface area contributed by atoms with Crippen molar-refractivity contribution in [1.29, 1.82) is 0 Å². The van der Waals surface area contributed by atoms with Gasteiger partial charge in [-0.25, -0.2) is 16.8 Å². The number of sulfonamides is 2. The maximum atomic E-state index is 12.6. The van der Waals surface area contributed by atoms with Gasteiger partial charge < -0.3 is 5.32 Å². The van der Waals surface area contributed by atoms with E-state index in [2.05, 4.69) is 14.8 Å². The summed E-state index contributed by atoms with van der Waals surface area (Å²) in [4.78, 5) is 12.6. The van der Waals surface area contributed by atoms with Gasteiger partial charge in [-0.1, -0.05) is 23.8 Å². The van der Waals surface area contributed by atoms with Crippen molar-refractivity contribution in [3.8, 4) is 0 Å². The van der Waals surface area contributed by atoms with E-state index in [1.54, 1.807) is 43.3 Å². The van der Waals surface area contributed by atoms with E-state index in [1.165, 1.54) is 30.3 Å². The minimum absolute atomic E-state index is 0.0473. The third kappa shape index (κ3) is 6.08. The number of carbonyl (C=O) groups is 1. The van der Waals surface area contributed by atoms with Crippen LogP contribution in [-0.4, -0.2) is 29.0 Å². The average molecular weight is 474 g/mol. The Hall–Kier alpha value is -3.37. The maximum Gasteiger partial charge on any atom is 0.261 e. The average Bonchev–Trinajstić information content (AvgIpc) is 2.70. The Labute approximate surface area is 187 Å². The lowest BCUT2D eigenvalue weighted by Crippen LogP contribution is -2.15. The fraction of sp³-hybridized carbons (Fsp3) is 0.136. The van der Waals surface area contributed by atoms with E-state index in [4.69, 9.17) is 0 Å². The number of carbonyl (C=O) groups excluding carboxylic acids is 1. The van der Waals surface area contributed by atoms with Crippen LogP contribution in [0.4, 0.5) is 17.1 Å². The van der Waals surface area contributed by atoms with Gasteiger partial charge in [0.25, 0.3) is 15.9 Å². The van der Waals surface area contributed by atoms with E-state index >= 15 is 0 Å². The fourth-order valence-electron chi connectivity index (χ4n) is 2.83. The smallest absolute Gasteiger partial charge is 0.261 e. The molecule has 3 rings (SSSR count). The van der Waals surface area contributed by atoms with Crippen molar-refractivity contribution in [2.75, 3.05) is 21.0 Å². The molecule has 3 aromatic rings. The molecule has 0 saturated carbocycles. The SMILES string of the molecule is Cc1ccc(NS(=O)(=O)c2ccc(NC(=O)c3ccc(C)c(NS(C)(=O)=O)c3)cc2)cc1. The molecule has 0 fully saturated rings. The highest BCUT2D eigenvalue weighted by atomic mass is 32.2. The highest BCUT2D eigenvalue weighted by molar-refractivity contribution is 7.92. The molecule has 0 aromatic heterocycles. The zero-order valence-electron chi connectivity index (χ0n) is 17.7. The van der Waals surface area contributed by atoms with Crippen molar-refractivity contribution in [1.82, 2.24) is 0 Å². The van der Waals surface area contributed by atoms with E-state index < -0.39 is 26.0 Å². The summed E-state index contributed by atoms with van der Waals surface area (Å²) in [6.07, 6.45) is 1.03. The Kier molecular flexibility index (Phi) is 6.56. The van der Waals surface area contributed by atoms with Crippen molar-refractivity contribution in [2.45, 2.75) is 18.7 Å². The molecule has 0 radical (unpaired) electrons. The molecular formula is C22H23N3O5S2. The van der Waals surface area contributed by atoms with E-state index in [-0.39, 0.29) is 10.5 Å². The highest BCUT2D eigenvalue weighted by Gasteiger charge is 2.15. The van der Waals surface area contributed by atoms with Gasteiger partial charge in [-0.05, 0) is 67.9 Å². The summed E-state index contributed by atoms with van der Waals surface area (Å²) in [5, 5.41) is 2.67. The number of anilines is 3. The van der Waals surface area contributed by atoms with Crippen LogP contribution in [0.5, 0.6) is 0 Å². The van der Waals surface area contributed by atoms with Gasteiger partial charge >= 0.3 is 0 Å². The monoisotopic (exact) mass is 473 g/mol. The summed E-state index contributed by atoms with van der Waals surface area (Å²) in [6, 6.07) is 17.3. The normalized spacial score (nSPS) is 11.6. The van der Waals surface area contributed by atoms with Gasteiger partial charge in [0, 0.05) is 16.9 Å². The molecule has 0 aliphatic heterocycles. The molecule has 0 spiro atoms. The molecule has 0 unspecified atom stereocenters. The van der Waals surface area contributed by atoms with Gasteiger partial charge in [0.05, 0.1) is 16.8 Å². The third-order valence-corrected chi connectivity index (χ3v) is 6.51. The van der Waals surface area contributed by atoms with E-state index in [9.17, 15) is 21.6 Å². The Balaban J connectivity index is 1.73. The molecule has 32 heavy (non-hydrogen) atoms. The first-order valence-electron chi connectivity index (χ1n) is 9.52. The third-order valence-electron chi connectivity index (χ3n) is 4.52. The molecule has 0 atom stereocenters. The predicted octanol–water partition coefficient (Wildman–Crippen LogP) is 3.73. The summed E-state index contributed by atoms with van der Waals surface area (Å²) in [7, 11) is -7.27. The molecular weight excluding hydrogens is 450 g/mol. The van der Waals surface area contributed by atoms with Crippen molar-refractivity contribution < 1.29 is 21.6 Å². The van der Waals surface area contributed by atoms with Crippen LogP contribution in [-0.2, 0) is 20.0 Å². The highest BCUT2D eigenvalue weighted by Crippen LogP contribution is 2.21.